The van der Waals surface area contributed by atoms with Crippen molar-refractivity contribution >= 4 is 22.8 Å². The highest BCUT2D eigenvalue weighted by molar-refractivity contribution is 5.90. The van der Waals surface area contributed by atoms with E-state index in [1.165, 1.54) is 32.1 Å². The van der Waals surface area contributed by atoms with E-state index in [2.05, 4.69) is 30.7 Å². The number of halogens is 3. The second-order valence-electron chi connectivity index (χ2n) is 7.55. The first kappa shape index (κ1) is 19.0. The van der Waals surface area contributed by atoms with Crippen LogP contribution in [0.3, 0.4) is 0 Å². The van der Waals surface area contributed by atoms with Crippen LogP contribution in [0.5, 0.6) is 0 Å². The average Bonchev–Trinajstić information content (AvgIpc) is 3.05. The van der Waals surface area contributed by atoms with Crippen molar-refractivity contribution in [3.8, 4) is 0 Å². The number of amides is 1. The first-order valence-electron chi connectivity index (χ1n) is 9.59. The van der Waals surface area contributed by atoms with Crippen molar-refractivity contribution in [2.45, 2.75) is 50.4 Å². The van der Waals surface area contributed by atoms with Gasteiger partial charge in [-0.15, -0.1) is 0 Å². The molecule has 0 atom stereocenters. The van der Waals surface area contributed by atoms with Gasteiger partial charge in [-0.2, -0.15) is 18.3 Å². The van der Waals surface area contributed by atoms with Gasteiger partial charge in [0.2, 0.25) is 5.91 Å². The van der Waals surface area contributed by atoms with E-state index < -0.39 is 11.7 Å². The predicted octanol–water partition coefficient (Wildman–Crippen LogP) is 2.52. The molecule has 152 valence electrons. The molecule has 1 saturated heterocycles. The van der Waals surface area contributed by atoms with Crippen molar-refractivity contribution in [3.63, 3.8) is 0 Å². The van der Waals surface area contributed by atoms with E-state index in [1.54, 1.807) is 0 Å². The van der Waals surface area contributed by atoms with E-state index in [0.29, 0.717) is 6.04 Å². The summed E-state index contributed by atoms with van der Waals surface area (Å²) in [6.45, 7) is 1.66. The minimum absolute atomic E-state index is 0.0594. The van der Waals surface area contributed by atoms with Crippen molar-refractivity contribution in [3.05, 3.63) is 17.8 Å². The second-order valence-corrected chi connectivity index (χ2v) is 7.55. The van der Waals surface area contributed by atoms with Crippen LogP contribution in [-0.4, -0.2) is 57.7 Å². The van der Waals surface area contributed by atoms with Gasteiger partial charge >= 0.3 is 6.18 Å². The summed E-state index contributed by atoms with van der Waals surface area (Å²) in [6.07, 6.45) is 2.63. The standard InChI is InChI=1S/C18H23F3N6O/c19-18(20,21)11-6-14-16(22-7-11)25-26-17(14)23-8-15(28)24-12-9-27(10-12)13-4-2-1-3-5-13/h6-7,12-13H,1-5,8-10H2,(H,24,28)(H2,22,23,25,26). The van der Waals surface area contributed by atoms with Crippen LogP contribution in [0.15, 0.2) is 12.3 Å². The summed E-state index contributed by atoms with van der Waals surface area (Å²) < 4.78 is 38.6. The maximum Gasteiger partial charge on any atom is 0.417 e. The molecule has 1 saturated carbocycles. The van der Waals surface area contributed by atoms with Gasteiger partial charge in [-0.05, 0) is 18.9 Å². The molecule has 0 radical (unpaired) electrons. The fourth-order valence-corrected chi connectivity index (χ4v) is 3.98. The SMILES string of the molecule is O=C(CNc1n[nH]c2ncc(C(F)(F)F)cc12)NC1CN(C2CCCCC2)C1. The number of fused-ring (bicyclic) bond motifs is 1. The smallest absolute Gasteiger partial charge is 0.359 e. The number of alkyl halides is 3. The normalized spacial score (nSPS) is 19.5. The van der Waals surface area contributed by atoms with Gasteiger partial charge in [0.25, 0.3) is 0 Å². The van der Waals surface area contributed by atoms with Gasteiger partial charge in [0.15, 0.2) is 11.5 Å². The van der Waals surface area contributed by atoms with Gasteiger partial charge in [-0.3, -0.25) is 14.8 Å². The molecule has 3 heterocycles. The third kappa shape index (κ3) is 4.06. The number of rotatable bonds is 5. The lowest BCUT2D eigenvalue weighted by Gasteiger charge is -2.45. The maximum absolute atomic E-state index is 12.9. The summed E-state index contributed by atoms with van der Waals surface area (Å²) >= 11 is 0. The van der Waals surface area contributed by atoms with E-state index in [9.17, 15) is 18.0 Å². The molecule has 3 N–H and O–H groups in total. The zero-order valence-corrected chi connectivity index (χ0v) is 15.4. The zero-order valence-electron chi connectivity index (χ0n) is 15.4. The lowest BCUT2D eigenvalue weighted by atomic mass is 9.91. The zero-order chi connectivity index (χ0) is 19.7. The summed E-state index contributed by atoms with van der Waals surface area (Å²) in [5, 5.41) is 12.4. The number of aromatic amines is 1. The number of anilines is 1. The Kier molecular flexibility index (Phi) is 5.13. The second kappa shape index (κ2) is 7.57. The highest BCUT2D eigenvalue weighted by Crippen LogP contribution is 2.31. The quantitative estimate of drug-likeness (QED) is 0.723. The third-order valence-electron chi connectivity index (χ3n) is 5.53. The molecule has 7 nitrogen and oxygen atoms in total. The van der Waals surface area contributed by atoms with E-state index in [-0.39, 0.29) is 35.3 Å². The lowest BCUT2D eigenvalue weighted by molar-refractivity contribution is -0.137. The Balaban J connectivity index is 1.28. The number of aromatic nitrogens is 3. The predicted molar refractivity (Wildman–Crippen MR) is 97.8 cm³/mol. The topological polar surface area (TPSA) is 85.9 Å². The Bertz CT molecular complexity index is 839. The molecule has 0 unspecified atom stereocenters. The van der Waals surface area contributed by atoms with E-state index >= 15 is 0 Å². The lowest BCUT2D eigenvalue weighted by Crippen LogP contribution is -2.62. The summed E-state index contributed by atoms with van der Waals surface area (Å²) in [7, 11) is 0. The van der Waals surface area contributed by atoms with Gasteiger partial charge in [0, 0.05) is 25.3 Å². The van der Waals surface area contributed by atoms with Crippen LogP contribution in [-0.2, 0) is 11.0 Å². The molecule has 28 heavy (non-hydrogen) atoms. The Morgan fingerprint density at radius 1 is 1.25 bits per heavy atom. The van der Waals surface area contributed by atoms with Crippen molar-refractivity contribution in [2.24, 2.45) is 0 Å². The van der Waals surface area contributed by atoms with Gasteiger partial charge < -0.3 is 10.6 Å². The van der Waals surface area contributed by atoms with Crippen LogP contribution in [0.2, 0.25) is 0 Å². The van der Waals surface area contributed by atoms with Crippen LogP contribution in [0.25, 0.3) is 11.0 Å². The molecule has 4 rings (SSSR count). The van der Waals surface area contributed by atoms with Crippen LogP contribution in [0.4, 0.5) is 19.0 Å². The minimum Gasteiger partial charge on any atom is -0.359 e. The number of likely N-dealkylation sites (tertiary alicyclic amines) is 1. The molecule has 1 amide bonds. The van der Waals surface area contributed by atoms with Crippen molar-refractivity contribution in [1.29, 1.82) is 0 Å². The van der Waals surface area contributed by atoms with Gasteiger partial charge in [-0.1, -0.05) is 19.3 Å². The first-order chi connectivity index (χ1) is 13.4. The Hall–Kier alpha value is -2.36. The highest BCUT2D eigenvalue weighted by Gasteiger charge is 2.34. The summed E-state index contributed by atoms with van der Waals surface area (Å²) in [4.78, 5) is 18.3. The number of nitrogens with zero attached hydrogens (tertiary/aromatic N) is 3. The number of carbonyl (C=O) groups excluding carboxylic acids is 1. The molecule has 1 aliphatic heterocycles. The Morgan fingerprint density at radius 3 is 2.71 bits per heavy atom. The average molecular weight is 396 g/mol. The summed E-state index contributed by atoms with van der Waals surface area (Å²) in [6, 6.07) is 1.75. The summed E-state index contributed by atoms with van der Waals surface area (Å²) in [5.74, 6) is -0.0226. The molecule has 2 aliphatic rings. The number of nitrogens with one attached hydrogen (secondary N) is 3. The minimum atomic E-state index is -4.48. The third-order valence-corrected chi connectivity index (χ3v) is 5.53. The molecule has 0 bridgehead atoms. The number of hydrogen-bond donors (Lipinski definition) is 3. The van der Waals surface area contributed by atoms with Crippen molar-refractivity contribution in [2.75, 3.05) is 25.0 Å². The van der Waals surface area contributed by atoms with Crippen molar-refractivity contribution in [1.82, 2.24) is 25.4 Å². The van der Waals surface area contributed by atoms with Crippen LogP contribution in [0.1, 0.15) is 37.7 Å². The van der Waals surface area contributed by atoms with Crippen molar-refractivity contribution < 1.29 is 18.0 Å². The summed E-state index contributed by atoms with van der Waals surface area (Å²) in [5.41, 5.74) is -0.621. The van der Waals surface area contributed by atoms with E-state index in [1.807, 2.05) is 0 Å². The van der Waals surface area contributed by atoms with Gasteiger partial charge in [-0.25, -0.2) is 4.98 Å². The highest BCUT2D eigenvalue weighted by atomic mass is 19.4. The monoisotopic (exact) mass is 396 g/mol. The van der Waals surface area contributed by atoms with E-state index in [0.717, 1.165) is 25.4 Å². The number of hydrogen-bond acceptors (Lipinski definition) is 5. The molecular weight excluding hydrogens is 373 g/mol. The molecule has 2 aromatic rings. The molecule has 0 aromatic carbocycles. The Labute approximate surface area is 160 Å². The number of carbonyl (C=O) groups is 1. The number of pyridine rings is 1. The first-order valence-corrected chi connectivity index (χ1v) is 9.59. The number of H-pyrrole nitrogens is 1. The molecule has 2 fully saturated rings. The fourth-order valence-electron chi connectivity index (χ4n) is 3.98. The van der Waals surface area contributed by atoms with Gasteiger partial charge in [0.1, 0.15) is 0 Å². The van der Waals surface area contributed by atoms with Crippen LogP contribution in [0, 0.1) is 0 Å². The molecule has 10 heteroatoms. The van der Waals surface area contributed by atoms with Crippen LogP contribution >= 0.6 is 0 Å². The van der Waals surface area contributed by atoms with Gasteiger partial charge in [0.05, 0.1) is 23.5 Å². The molecular formula is C18H23F3N6O. The molecule has 2 aromatic heterocycles. The Morgan fingerprint density at radius 2 is 2.00 bits per heavy atom. The fraction of sp³-hybridized carbons (Fsp3) is 0.611. The largest absolute Gasteiger partial charge is 0.417 e. The maximum atomic E-state index is 12.9. The van der Waals surface area contributed by atoms with Crippen LogP contribution < -0.4 is 10.6 Å². The molecule has 1 aliphatic carbocycles. The molecule has 0 spiro atoms. The van der Waals surface area contributed by atoms with E-state index in [4.69, 9.17) is 0 Å².